The van der Waals surface area contributed by atoms with E-state index in [-0.39, 0.29) is 5.56 Å². The van der Waals surface area contributed by atoms with Crippen molar-refractivity contribution in [1.82, 2.24) is 4.57 Å². The number of thiazole rings is 1. The number of anilines is 1. The molecule has 0 radical (unpaired) electrons. The molecule has 0 unspecified atom stereocenters. The zero-order chi connectivity index (χ0) is 31.5. The van der Waals surface area contributed by atoms with E-state index in [9.17, 15) is 14.0 Å². The lowest BCUT2D eigenvalue weighted by Crippen LogP contribution is -2.40. The first-order valence-corrected chi connectivity index (χ1v) is 15.6. The number of methoxy groups -OCH3 is 1. The number of amides is 1. The molecule has 1 aliphatic heterocycles. The summed E-state index contributed by atoms with van der Waals surface area (Å²) in [7, 11) is 1.56. The van der Waals surface area contributed by atoms with Crippen LogP contribution in [0, 0.1) is 5.82 Å². The number of fused-ring (bicyclic) bond motifs is 1. The highest BCUT2D eigenvalue weighted by Crippen LogP contribution is 2.32. The van der Waals surface area contributed by atoms with E-state index in [0.29, 0.717) is 50.0 Å². The van der Waals surface area contributed by atoms with Gasteiger partial charge in [-0.05, 0) is 78.2 Å². The Kier molecular flexibility index (Phi) is 8.77. The number of aromatic nitrogens is 1. The molecule has 10 heteroatoms. The van der Waals surface area contributed by atoms with Gasteiger partial charge in [-0.15, -0.1) is 0 Å². The highest BCUT2D eigenvalue weighted by molar-refractivity contribution is 9.10. The van der Waals surface area contributed by atoms with E-state index < -0.39 is 17.8 Å². The number of nitrogens with one attached hydrogen (secondary N) is 1. The van der Waals surface area contributed by atoms with Crippen LogP contribution in [0.15, 0.2) is 123 Å². The van der Waals surface area contributed by atoms with Crippen molar-refractivity contribution >= 4 is 44.9 Å². The van der Waals surface area contributed by atoms with E-state index in [0.717, 1.165) is 15.6 Å². The Morgan fingerprint density at radius 3 is 2.47 bits per heavy atom. The smallest absolute Gasteiger partial charge is 0.271 e. The maximum absolute atomic E-state index is 14.0. The number of carbonyl (C=O) groups excluding carboxylic acids is 1. The van der Waals surface area contributed by atoms with Crippen LogP contribution in [-0.2, 0) is 11.4 Å². The average molecular weight is 685 g/mol. The van der Waals surface area contributed by atoms with Gasteiger partial charge in [-0.25, -0.2) is 9.38 Å². The van der Waals surface area contributed by atoms with Crippen molar-refractivity contribution in [2.24, 2.45) is 4.99 Å². The molecule has 0 saturated carbocycles. The standard InChI is InChI=1S/C35H27BrFN3O4S/c1-21-31(33(41)39-27-6-4-3-5-7-27)32(24-11-15-26(37)16-12-24)40-34(42)30(45-35(40)38-21)19-23-10-17-28(29(18-23)43-2)44-20-22-8-13-25(36)14-9-22/h3-19,32H,20H2,1-2H3,(H,39,41)/b30-19-/t32-/m0/s1. The lowest BCUT2D eigenvalue weighted by Gasteiger charge is -2.25. The largest absolute Gasteiger partial charge is 0.493 e. The fourth-order valence-corrected chi connectivity index (χ4v) is 6.39. The Bertz CT molecular complexity index is 2090. The van der Waals surface area contributed by atoms with Crippen LogP contribution in [-0.4, -0.2) is 17.6 Å². The molecule has 1 aliphatic rings. The number of allylic oxidation sites excluding steroid dienone is 1. The van der Waals surface area contributed by atoms with Gasteiger partial charge in [0.15, 0.2) is 16.3 Å². The van der Waals surface area contributed by atoms with Crippen LogP contribution < -0.4 is 29.7 Å². The van der Waals surface area contributed by atoms with E-state index in [1.54, 1.807) is 56.5 Å². The quantitative estimate of drug-likeness (QED) is 0.206. The SMILES string of the molecule is COc1cc(/C=c2\sc3n(c2=O)[C@@H](c2ccc(F)cc2)C(C(=O)Nc2ccccc2)=C(C)N=3)ccc1OCc1ccc(Br)cc1. The lowest BCUT2D eigenvalue weighted by molar-refractivity contribution is -0.113. The topological polar surface area (TPSA) is 81.9 Å². The predicted octanol–water partition coefficient (Wildman–Crippen LogP) is 6.36. The van der Waals surface area contributed by atoms with E-state index in [4.69, 9.17) is 9.47 Å². The minimum Gasteiger partial charge on any atom is -0.493 e. The molecule has 226 valence electrons. The Morgan fingerprint density at radius 1 is 1.02 bits per heavy atom. The van der Waals surface area contributed by atoms with Crippen LogP contribution in [0.2, 0.25) is 0 Å². The van der Waals surface area contributed by atoms with Crippen molar-refractivity contribution in [3.05, 3.63) is 155 Å². The molecule has 1 N–H and O–H groups in total. The molecule has 0 saturated heterocycles. The molecular weight excluding hydrogens is 657 g/mol. The summed E-state index contributed by atoms with van der Waals surface area (Å²) in [6.07, 6.45) is 1.76. The van der Waals surface area contributed by atoms with E-state index in [1.807, 2.05) is 48.5 Å². The molecule has 45 heavy (non-hydrogen) atoms. The molecule has 7 nitrogen and oxygen atoms in total. The molecule has 5 aromatic rings. The summed E-state index contributed by atoms with van der Waals surface area (Å²) < 4.78 is 28.5. The van der Waals surface area contributed by atoms with E-state index >= 15 is 0 Å². The Labute approximate surface area is 270 Å². The molecule has 4 aromatic carbocycles. The number of rotatable bonds is 8. The number of nitrogens with zero attached hydrogens (tertiary/aromatic N) is 2. The third-order valence-electron chi connectivity index (χ3n) is 7.28. The maximum Gasteiger partial charge on any atom is 0.271 e. The van der Waals surface area contributed by atoms with Gasteiger partial charge in [-0.2, -0.15) is 0 Å². The van der Waals surface area contributed by atoms with Crippen molar-refractivity contribution in [3.8, 4) is 11.5 Å². The maximum atomic E-state index is 14.0. The minimum atomic E-state index is -0.809. The first-order chi connectivity index (χ1) is 21.8. The third kappa shape index (κ3) is 6.52. The number of hydrogen-bond donors (Lipinski definition) is 1. The van der Waals surface area contributed by atoms with Crippen LogP contribution in [0.5, 0.6) is 11.5 Å². The zero-order valence-electron chi connectivity index (χ0n) is 24.3. The second-order valence-corrected chi connectivity index (χ2v) is 12.2. The third-order valence-corrected chi connectivity index (χ3v) is 8.79. The van der Waals surface area contributed by atoms with Gasteiger partial charge in [0.1, 0.15) is 12.4 Å². The van der Waals surface area contributed by atoms with Gasteiger partial charge < -0.3 is 14.8 Å². The van der Waals surface area contributed by atoms with Crippen molar-refractivity contribution in [1.29, 1.82) is 0 Å². The molecule has 0 fully saturated rings. The van der Waals surface area contributed by atoms with Crippen molar-refractivity contribution in [3.63, 3.8) is 0 Å². The van der Waals surface area contributed by atoms with Crippen LogP contribution in [0.25, 0.3) is 6.08 Å². The molecule has 0 aliphatic carbocycles. The molecular formula is C35H27BrFN3O4S. The van der Waals surface area contributed by atoms with Crippen LogP contribution in [0.4, 0.5) is 10.1 Å². The first kappa shape index (κ1) is 30.2. The monoisotopic (exact) mass is 683 g/mol. The van der Waals surface area contributed by atoms with Crippen molar-refractivity contribution in [2.75, 3.05) is 12.4 Å². The van der Waals surface area contributed by atoms with Gasteiger partial charge in [0.2, 0.25) is 0 Å². The molecule has 2 heterocycles. The molecule has 1 atom stereocenters. The number of benzene rings is 4. The summed E-state index contributed by atoms with van der Waals surface area (Å²) in [6, 6.07) is 27.4. The van der Waals surface area contributed by atoms with E-state index in [2.05, 4.69) is 26.2 Å². The van der Waals surface area contributed by atoms with Crippen LogP contribution in [0.1, 0.15) is 29.7 Å². The summed E-state index contributed by atoms with van der Waals surface area (Å²) in [4.78, 5) is 32.8. The normalized spacial score (nSPS) is 14.5. The van der Waals surface area contributed by atoms with Crippen LogP contribution in [0.3, 0.4) is 0 Å². The van der Waals surface area contributed by atoms with Gasteiger partial charge in [0.05, 0.1) is 29.0 Å². The van der Waals surface area contributed by atoms with Gasteiger partial charge in [-0.3, -0.25) is 14.2 Å². The fourth-order valence-electron chi connectivity index (χ4n) is 5.08. The summed E-state index contributed by atoms with van der Waals surface area (Å²) in [5.41, 5.74) is 3.39. The summed E-state index contributed by atoms with van der Waals surface area (Å²) >= 11 is 4.66. The summed E-state index contributed by atoms with van der Waals surface area (Å²) in [5.74, 6) is 0.281. The summed E-state index contributed by atoms with van der Waals surface area (Å²) in [5, 5.41) is 2.91. The Balaban J connectivity index is 1.37. The molecule has 0 spiro atoms. The number of ether oxygens (including phenoxy) is 2. The number of para-hydroxylation sites is 1. The number of hydrogen-bond acceptors (Lipinski definition) is 6. The van der Waals surface area contributed by atoms with E-state index in [1.165, 1.54) is 28.0 Å². The highest BCUT2D eigenvalue weighted by atomic mass is 79.9. The van der Waals surface area contributed by atoms with Gasteiger partial charge in [0, 0.05) is 10.2 Å². The summed E-state index contributed by atoms with van der Waals surface area (Å²) in [6.45, 7) is 2.11. The highest BCUT2D eigenvalue weighted by Gasteiger charge is 2.32. The predicted molar refractivity (Wildman–Crippen MR) is 177 cm³/mol. The molecule has 1 amide bonds. The second kappa shape index (κ2) is 13.1. The Hall–Kier alpha value is -4.80. The molecule has 0 bridgehead atoms. The van der Waals surface area contributed by atoms with Gasteiger partial charge in [0.25, 0.3) is 11.5 Å². The Morgan fingerprint density at radius 2 is 1.76 bits per heavy atom. The lowest BCUT2D eigenvalue weighted by atomic mass is 9.95. The van der Waals surface area contributed by atoms with Gasteiger partial charge >= 0.3 is 0 Å². The number of halogens is 2. The molecule has 6 rings (SSSR count). The second-order valence-electron chi connectivity index (χ2n) is 10.3. The average Bonchev–Trinajstić information content (AvgIpc) is 3.34. The van der Waals surface area contributed by atoms with Crippen molar-refractivity contribution < 1.29 is 18.7 Å². The van der Waals surface area contributed by atoms with Crippen molar-refractivity contribution in [2.45, 2.75) is 19.6 Å². The molecule has 1 aromatic heterocycles. The minimum absolute atomic E-state index is 0.304. The first-order valence-electron chi connectivity index (χ1n) is 14.0. The zero-order valence-corrected chi connectivity index (χ0v) is 26.7. The van der Waals surface area contributed by atoms with Gasteiger partial charge in [-0.1, -0.05) is 75.8 Å². The number of carbonyl (C=O) groups is 1. The van der Waals surface area contributed by atoms with Crippen LogP contribution >= 0.6 is 27.3 Å². The fraction of sp³-hybridized carbons (Fsp3) is 0.114.